The van der Waals surface area contributed by atoms with Gasteiger partial charge in [0.15, 0.2) is 0 Å². The molecule has 2 saturated heterocycles. The number of aromatic nitrogens is 4. The SMILES string of the molecule is COC(=O)NC(C(=O)N1C(c2nc3ccc(-c4cc5ccc4CCc4ccc(c(-c6ccc7nc(C8CC9CC9N8C(=O)C(NC(=O)OC)C(C)C)[nH]c7c6)c4)CC5)cc3[nH]2)CC2CC21)C(C)C. The molecule has 8 unspecified atom stereocenters. The second-order valence-electron chi connectivity index (χ2n) is 20.5. The molecular weight excluding hydrogens is 857 g/mol. The number of benzene rings is 4. The molecule has 8 aliphatic rings. The van der Waals surface area contributed by atoms with Crippen LogP contribution in [0.5, 0.6) is 0 Å². The van der Waals surface area contributed by atoms with Crippen molar-refractivity contribution in [2.24, 2.45) is 23.7 Å². The van der Waals surface area contributed by atoms with Gasteiger partial charge in [0.1, 0.15) is 23.7 Å². The summed E-state index contributed by atoms with van der Waals surface area (Å²) in [5, 5.41) is 5.56. The average Bonchev–Trinajstić information content (AvgIpc) is 3.99. The molecule has 4 N–H and O–H groups in total. The van der Waals surface area contributed by atoms with Crippen molar-refractivity contribution in [1.82, 2.24) is 40.4 Å². The summed E-state index contributed by atoms with van der Waals surface area (Å²) in [4.78, 5) is 73.8. The van der Waals surface area contributed by atoms with Crippen LogP contribution >= 0.6 is 0 Å². The molecule has 6 aliphatic carbocycles. The predicted molar refractivity (Wildman–Crippen MR) is 258 cm³/mol. The molecule has 8 atom stereocenters. The zero-order valence-corrected chi connectivity index (χ0v) is 39.6. The van der Waals surface area contributed by atoms with Gasteiger partial charge in [-0.15, -0.1) is 0 Å². The Morgan fingerprint density at radius 1 is 0.574 bits per heavy atom. The van der Waals surface area contributed by atoms with E-state index in [1.165, 1.54) is 47.6 Å². The van der Waals surface area contributed by atoms with E-state index in [0.29, 0.717) is 11.8 Å². The minimum Gasteiger partial charge on any atom is -0.453 e. The number of hydrogen-bond donors (Lipinski definition) is 4. The molecule has 68 heavy (non-hydrogen) atoms. The van der Waals surface area contributed by atoms with E-state index in [4.69, 9.17) is 19.4 Å². The van der Waals surface area contributed by atoms with Crippen molar-refractivity contribution < 1.29 is 28.7 Å². The second kappa shape index (κ2) is 17.1. The number of aryl methyl sites for hydroxylation is 4. The van der Waals surface area contributed by atoms with Gasteiger partial charge < -0.3 is 39.9 Å². The van der Waals surface area contributed by atoms with Gasteiger partial charge in [-0.1, -0.05) is 76.2 Å². The van der Waals surface area contributed by atoms with Crippen LogP contribution in [0.1, 0.15) is 99.4 Å². The van der Waals surface area contributed by atoms with Crippen LogP contribution in [-0.4, -0.2) is 92.1 Å². The number of amides is 4. The first-order chi connectivity index (χ1) is 32.8. The van der Waals surface area contributed by atoms with E-state index in [1.54, 1.807) is 0 Å². The lowest BCUT2D eigenvalue weighted by Gasteiger charge is -2.31. The summed E-state index contributed by atoms with van der Waals surface area (Å²) in [6.07, 6.45) is 5.93. The Balaban J connectivity index is 0.831. The van der Waals surface area contributed by atoms with E-state index in [-0.39, 0.29) is 47.8 Å². The number of carbonyl (C=O) groups is 4. The molecule has 4 bridgehead atoms. The minimum absolute atomic E-state index is 0.0859. The molecule has 2 aliphatic heterocycles. The largest absolute Gasteiger partial charge is 0.453 e. The van der Waals surface area contributed by atoms with Crippen LogP contribution < -0.4 is 10.6 Å². The normalized spacial score (nSPS) is 23.3. The third kappa shape index (κ3) is 7.94. The number of likely N-dealkylation sites (tertiary alicyclic amines) is 2. The third-order valence-corrected chi connectivity index (χ3v) is 15.5. The third-order valence-electron chi connectivity index (χ3n) is 15.5. The van der Waals surface area contributed by atoms with Gasteiger partial charge in [0.2, 0.25) is 11.8 Å². The molecule has 4 fully saturated rings. The maximum Gasteiger partial charge on any atom is 0.407 e. The molecule has 2 aromatic heterocycles. The van der Waals surface area contributed by atoms with Gasteiger partial charge in [-0.2, -0.15) is 0 Å². The fourth-order valence-corrected chi connectivity index (χ4v) is 11.6. The molecule has 14 heteroatoms. The molecule has 4 aromatic carbocycles. The summed E-state index contributed by atoms with van der Waals surface area (Å²) < 4.78 is 9.72. The van der Waals surface area contributed by atoms with E-state index in [0.717, 1.165) is 96.2 Å². The van der Waals surface area contributed by atoms with Gasteiger partial charge in [0, 0.05) is 12.1 Å². The number of carbonyl (C=O) groups excluding carboxylic acids is 4. The smallest absolute Gasteiger partial charge is 0.407 e. The number of rotatable bonds is 10. The summed E-state index contributed by atoms with van der Waals surface area (Å²) >= 11 is 0. The average molecular weight is 917 g/mol. The molecule has 0 spiro atoms. The van der Waals surface area contributed by atoms with Gasteiger partial charge in [-0.25, -0.2) is 19.6 Å². The Morgan fingerprint density at radius 3 is 1.40 bits per heavy atom. The van der Waals surface area contributed by atoms with Crippen LogP contribution in [0.15, 0.2) is 72.8 Å². The number of piperidine rings is 2. The quantitative estimate of drug-likeness (QED) is 0.106. The summed E-state index contributed by atoms with van der Waals surface area (Å²) in [7, 11) is 2.63. The Bertz CT molecular complexity index is 2790. The maximum absolute atomic E-state index is 14.0. The number of nitrogens with zero attached hydrogens (tertiary/aromatic N) is 4. The summed E-state index contributed by atoms with van der Waals surface area (Å²) in [5.41, 5.74) is 13.4. The molecule has 14 rings (SSSR count). The number of aromatic amines is 2. The Hall–Kier alpha value is -6.70. The van der Waals surface area contributed by atoms with Crippen LogP contribution in [0.25, 0.3) is 44.3 Å². The van der Waals surface area contributed by atoms with Crippen molar-refractivity contribution in [2.45, 2.75) is 115 Å². The molecule has 0 radical (unpaired) electrons. The molecular formula is C54H60N8O6. The van der Waals surface area contributed by atoms with E-state index in [1.807, 2.05) is 37.5 Å². The zero-order valence-electron chi connectivity index (χ0n) is 39.6. The van der Waals surface area contributed by atoms with E-state index >= 15 is 0 Å². The highest BCUT2D eigenvalue weighted by Crippen LogP contribution is 2.55. The lowest BCUT2D eigenvalue weighted by molar-refractivity contribution is -0.137. The van der Waals surface area contributed by atoms with Crippen molar-refractivity contribution in [1.29, 1.82) is 0 Å². The summed E-state index contributed by atoms with van der Waals surface area (Å²) in [6, 6.07) is 25.4. The number of H-pyrrole nitrogens is 2. The van der Waals surface area contributed by atoms with Crippen molar-refractivity contribution in [3.05, 3.63) is 107 Å². The highest BCUT2D eigenvalue weighted by atomic mass is 16.5. The van der Waals surface area contributed by atoms with E-state index in [9.17, 15) is 19.2 Å². The van der Waals surface area contributed by atoms with Crippen molar-refractivity contribution >= 4 is 46.1 Å². The highest BCUT2D eigenvalue weighted by Gasteiger charge is 2.57. The number of imidazole rings is 2. The van der Waals surface area contributed by atoms with Crippen molar-refractivity contribution in [3.8, 4) is 22.3 Å². The standard InChI is InChI=1S/C54H60N8O6/c1-27(2)47(59-53(65)67-5)51(63)61-43-23-35(43)25-45(61)49-55-39-17-15-33(21-41(39)57-49)37-19-29-7-11-31(37)13-9-30-8-12-32(14-10-29)38(20-30)34-16-18-40-42(22-34)58-50(56-40)46-26-36-24-44(36)62(46)52(64)48(28(3)4)60-54(66)68-6/h7-8,11-12,15-22,27-28,35-36,43-48H,9-10,13-14,23-26H2,1-6H3,(H,55,57)(H,56,58)(H,59,65)(H,60,66). The molecule has 14 nitrogen and oxygen atoms in total. The first-order valence-corrected chi connectivity index (χ1v) is 24.4. The molecule has 6 aromatic rings. The fourth-order valence-electron chi connectivity index (χ4n) is 11.6. The first-order valence-electron chi connectivity index (χ1n) is 24.4. The summed E-state index contributed by atoms with van der Waals surface area (Å²) in [6.45, 7) is 7.76. The van der Waals surface area contributed by atoms with Gasteiger partial charge in [0.05, 0.1) is 48.4 Å². The number of methoxy groups -OCH3 is 2. The lowest BCUT2D eigenvalue weighted by Crippen LogP contribution is -2.52. The van der Waals surface area contributed by atoms with E-state index in [2.05, 4.69) is 93.4 Å². The number of alkyl carbamates (subject to hydrolysis) is 2. The lowest BCUT2D eigenvalue weighted by atomic mass is 9.87. The van der Waals surface area contributed by atoms with Gasteiger partial charge >= 0.3 is 12.2 Å². The highest BCUT2D eigenvalue weighted by molar-refractivity contribution is 5.89. The molecule has 4 heterocycles. The Morgan fingerprint density at radius 2 is 1.00 bits per heavy atom. The van der Waals surface area contributed by atoms with Gasteiger partial charge in [-0.05, 0) is 144 Å². The zero-order chi connectivity index (χ0) is 47.1. The van der Waals surface area contributed by atoms with Crippen LogP contribution in [0, 0.1) is 23.7 Å². The topological polar surface area (TPSA) is 175 Å². The Labute approximate surface area is 396 Å². The fraction of sp³-hybridized carbons (Fsp3) is 0.444. The monoisotopic (exact) mass is 916 g/mol. The molecule has 2 saturated carbocycles. The molecule has 4 amide bonds. The number of fused-ring (bicyclic) bond motifs is 4. The second-order valence-corrected chi connectivity index (χ2v) is 20.5. The Kier molecular flexibility index (Phi) is 11.0. The summed E-state index contributed by atoms with van der Waals surface area (Å²) in [5.74, 6) is 2.09. The van der Waals surface area contributed by atoms with Crippen molar-refractivity contribution in [3.63, 3.8) is 0 Å². The van der Waals surface area contributed by atoms with Crippen LogP contribution in [0.3, 0.4) is 0 Å². The predicted octanol–water partition coefficient (Wildman–Crippen LogP) is 8.74. The molecule has 352 valence electrons. The number of nitrogens with one attached hydrogen (secondary N) is 4. The minimum atomic E-state index is -0.681. The number of ether oxygens (including phenoxy) is 2. The van der Waals surface area contributed by atoms with Gasteiger partial charge in [0.25, 0.3) is 0 Å². The van der Waals surface area contributed by atoms with Crippen LogP contribution in [0.4, 0.5) is 9.59 Å². The van der Waals surface area contributed by atoms with E-state index < -0.39 is 24.3 Å². The van der Waals surface area contributed by atoms with Gasteiger partial charge in [-0.3, -0.25) is 9.59 Å². The van der Waals surface area contributed by atoms with Crippen LogP contribution in [-0.2, 0) is 44.7 Å². The number of hydrogen-bond acceptors (Lipinski definition) is 8. The van der Waals surface area contributed by atoms with Crippen LogP contribution in [0.2, 0.25) is 0 Å². The van der Waals surface area contributed by atoms with Crippen molar-refractivity contribution in [2.75, 3.05) is 14.2 Å². The first kappa shape index (κ1) is 43.8. The maximum atomic E-state index is 14.0.